The van der Waals surface area contributed by atoms with Crippen LogP contribution in [0.4, 0.5) is 0 Å². The predicted molar refractivity (Wildman–Crippen MR) is 82.8 cm³/mol. The van der Waals surface area contributed by atoms with E-state index in [0.717, 1.165) is 33.4 Å². The molecule has 21 heavy (non-hydrogen) atoms. The first-order valence-electron chi connectivity index (χ1n) is 6.94. The van der Waals surface area contributed by atoms with Crippen LogP contribution < -0.4 is 20.9 Å². The summed E-state index contributed by atoms with van der Waals surface area (Å²) in [4.78, 5) is 0. The van der Waals surface area contributed by atoms with Crippen molar-refractivity contribution in [3.63, 3.8) is 0 Å². The molecule has 3 aromatic rings. The molecule has 0 aliphatic heterocycles. The lowest BCUT2D eigenvalue weighted by molar-refractivity contribution is 0.328. The van der Waals surface area contributed by atoms with Crippen LogP contribution in [-0.4, -0.2) is 26.3 Å². The second kappa shape index (κ2) is 6.03. The van der Waals surface area contributed by atoms with E-state index in [9.17, 15) is 0 Å². The fourth-order valence-electron chi connectivity index (χ4n) is 2.27. The quantitative estimate of drug-likeness (QED) is 0.726. The molecule has 0 fully saturated rings. The van der Waals surface area contributed by atoms with Gasteiger partial charge in [0.25, 0.3) is 0 Å². The molecule has 0 aliphatic rings. The molecular formula is C16H18N2O3. The summed E-state index contributed by atoms with van der Waals surface area (Å²) < 4.78 is 16.9. The fourth-order valence-corrected chi connectivity index (χ4v) is 2.27. The predicted octanol–water partition coefficient (Wildman–Crippen LogP) is 2.26. The summed E-state index contributed by atoms with van der Waals surface area (Å²) >= 11 is 0. The van der Waals surface area contributed by atoms with Crippen LogP contribution in [0.25, 0.3) is 21.9 Å². The number of hydrogen-bond acceptors (Lipinski definition) is 5. The summed E-state index contributed by atoms with van der Waals surface area (Å²) in [6.45, 7) is 1.96. The van der Waals surface area contributed by atoms with Crippen molar-refractivity contribution in [2.75, 3.05) is 26.3 Å². The van der Waals surface area contributed by atoms with Crippen LogP contribution in [0.1, 0.15) is 0 Å². The molecule has 0 aliphatic carbocycles. The third-order valence-electron chi connectivity index (χ3n) is 3.19. The van der Waals surface area contributed by atoms with Crippen molar-refractivity contribution in [1.82, 2.24) is 0 Å². The monoisotopic (exact) mass is 286 g/mol. The number of fused-ring (bicyclic) bond motifs is 3. The van der Waals surface area contributed by atoms with E-state index in [1.165, 1.54) is 0 Å². The second-order valence-electron chi connectivity index (χ2n) is 4.69. The zero-order valence-electron chi connectivity index (χ0n) is 11.7. The fraction of sp³-hybridized carbons (Fsp3) is 0.250. The molecule has 4 N–H and O–H groups in total. The minimum atomic E-state index is 0.487. The van der Waals surface area contributed by atoms with Crippen molar-refractivity contribution in [2.24, 2.45) is 11.5 Å². The van der Waals surface area contributed by atoms with Gasteiger partial charge in [0.05, 0.1) is 0 Å². The molecule has 0 amide bonds. The number of hydrogen-bond donors (Lipinski definition) is 2. The number of benzene rings is 2. The molecule has 5 nitrogen and oxygen atoms in total. The summed E-state index contributed by atoms with van der Waals surface area (Å²) in [5.74, 6) is 1.56. The number of furan rings is 1. The van der Waals surface area contributed by atoms with Gasteiger partial charge in [-0.05, 0) is 36.4 Å². The van der Waals surface area contributed by atoms with Crippen molar-refractivity contribution < 1.29 is 13.9 Å². The van der Waals surface area contributed by atoms with Crippen LogP contribution in [0.3, 0.4) is 0 Å². The molecule has 2 aromatic carbocycles. The van der Waals surface area contributed by atoms with Gasteiger partial charge in [-0.1, -0.05) is 0 Å². The number of rotatable bonds is 6. The first-order chi connectivity index (χ1) is 10.3. The van der Waals surface area contributed by atoms with Crippen LogP contribution in [0, 0.1) is 0 Å². The van der Waals surface area contributed by atoms with E-state index in [1.54, 1.807) is 0 Å². The molecule has 110 valence electrons. The Balaban J connectivity index is 2.03. The van der Waals surface area contributed by atoms with E-state index >= 15 is 0 Å². The molecule has 0 saturated heterocycles. The summed E-state index contributed by atoms with van der Waals surface area (Å²) in [5, 5.41) is 2.00. The number of nitrogens with two attached hydrogens (primary N) is 2. The molecule has 1 aromatic heterocycles. The zero-order valence-corrected chi connectivity index (χ0v) is 11.7. The third kappa shape index (κ3) is 2.79. The molecule has 0 bridgehead atoms. The molecule has 0 radical (unpaired) electrons. The largest absolute Gasteiger partial charge is 0.492 e. The van der Waals surface area contributed by atoms with Crippen LogP contribution >= 0.6 is 0 Å². The lowest BCUT2D eigenvalue weighted by Gasteiger charge is -2.04. The van der Waals surface area contributed by atoms with Gasteiger partial charge in [0, 0.05) is 23.9 Å². The minimum Gasteiger partial charge on any atom is -0.492 e. The third-order valence-corrected chi connectivity index (χ3v) is 3.19. The Kier molecular flexibility index (Phi) is 3.94. The van der Waals surface area contributed by atoms with Crippen molar-refractivity contribution in [3.05, 3.63) is 36.4 Å². The van der Waals surface area contributed by atoms with Gasteiger partial charge in [-0.25, -0.2) is 0 Å². The van der Waals surface area contributed by atoms with Crippen LogP contribution in [0.15, 0.2) is 40.8 Å². The van der Waals surface area contributed by atoms with Crippen LogP contribution in [0.5, 0.6) is 11.5 Å². The summed E-state index contributed by atoms with van der Waals surface area (Å²) in [5.41, 5.74) is 12.6. The Morgan fingerprint density at radius 1 is 0.762 bits per heavy atom. The first-order valence-corrected chi connectivity index (χ1v) is 6.94. The summed E-state index contributed by atoms with van der Waals surface area (Å²) in [6.07, 6.45) is 0. The highest BCUT2D eigenvalue weighted by Gasteiger charge is 2.09. The Morgan fingerprint density at radius 2 is 1.24 bits per heavy atom. The Morgan fingerprint density at radius 3 is 1.67 bits per heavy atom. The lowest BCUT2D eigenvalue weighted by Crippen LogP contribution is -2.10. The standard InChI is InChI=1S/C16H18N2O3/c17-5-7-19-11-1-3-15-13(9-11)14-10-12(20-8-6-18)2-4-16(14)21-15/h1-4,9-10H,5-8,17-18H2. The summed E-state index contributed by atoms with van der Waals surface area (Å²) in [7, 11) is 0. The Hall–Kier alpha value is -2.24. The molecule has 0 spiro atoms. The molecule has 3 rings (SSSR count). The van der Waals surface area contributed by atoms with E-state index in [1.807, 2.05) is 36.4 Å². The van der Waals surface area contributed by atoms with Crippen molar-refractivity contribution in [1.29, 1.82) is 0 Å². The van der Waals surface area contributed by atoms with Gasteiger partial charge in [0.15, 0.2) is 0 Å². The SMILES string of the molecule is NCCOc1ccc2oc3ccc(OCCN)cc3c2c1. The minimum absolute atomic E-state index is 0.487. The average molecular weight is 286 g/mol. The molecular weight excluding hydrogens is 268 g/mol. The lowest BCUT2D eigenvalue weighted by atomic mass is 10.1. The Bertz CT molecular complexity index is 689. The highest BCUT2D eigenvalue weighted by Crippen LogP contribution is 2.33. The summed E-state index contributed by atoms with van der Waals surface area (Å²) in [6, 6.07) is 11.5. The van der Waals surface area contributed by atoms with Crippen molar-refractivity contribution in [3.8, 4) is 11.5 Å². The molecule has 0 saturated carbocycles. The maximum absolute atomic E-state index is 5.81. The van der Waals surface area contributed by atoms with E-state index in [0.29, 0.717) is 26.3 Å². The molecule has 5 heteroatoms. The van der Waals surface area contributed by atoms with Crippen LogP contribution in [-0.2, 0) is 0 Å². The van der Waals surface area contributed by atoms with Gasteiger partial charge < -0.3 is 25.4 Å². The molecule has 0 unspecified atom stereocenters. The highest BCUT2D eigenvalue weighted by atomic mass is 16.5. The smallest absolute Gasteiger partial charge is 0.135 e. The normalized spacial score (nSPS) is 11.1. The van der Waals surface area contributed by atoms with Gasteiger partial charge in [-0.2, -0.15) is 0 Å². The highest BCUT2D eigenvalue weighted by molar-refractivity contribution is 6.05. The van der Waals surface area contributed by atoms with Gasteiger partial charge in [-0.15, -0.1) is 0 Å². The van der Waals surface area contributed by atoms with E-state index in [4.69, 9.17) is 25.4 Å². The average Bonchev–Trinajstić information content (AvgIpc) is 2.88. The van der Waals surface area contributed by atoms with Gasteiger partial charge >= 0.3 is 0 Å². The molecule has 0 atom stereocenters. The van der Waals surface area contributed by atoms with Gasteiger partial charge in [0.1, 0.15) is 35.9 Å². The van der Waals surface area contributed by atoms with E-state index in [-0.39, 0.29) is 0 Å². The van der Waals surface area contributed by atoms with E-state index in [2.05, 4.69) is 0 Å². The number of ether oxygens (including phenoxy) is 2. The Labute approximate surface area is 122 Å². The van der Waals surface area contributed by atoms with Gasteiger partial charge in [0.2, 0.25) is 0 Å². The van der Waals surface area contributed by atoms with Crippen molar-refractivity contribution in [2.45, 2.75) is 0 Å². The topological polar surface area (TPSA) is 83.6 Å². The maximum atomic E-state index is 5.81. The molecule has 1 heterocycles. The van der Waals surface area contributed by atoms with E-state index < -0.39 is 0 Å². The van der Waals surface area contributed by atoms with Crippen molar-refractivity contribution >= 4 is 21.9 Å². The zero-order chi connectivity index (χ0) is 14.7. The van der Waals surface area contributed by atoms with Crippen LogP contribution in [0.2, 0.25) is 0 Å². The van der Waals surface area contributed by atoms with Gasteiger partial charge in [-0.3, -0.25) is 0 Å². The second-order valence-corrected chi connectivity index (χ2v) is 4.69. The maximum Gasteiger partial charge on any atom is 0.135 e. The first kappa shape index (κ1) is 13.7.